The fourth-order valence-corrected chi connectivity index (χ4v) is 2.00. The van der Waals surface area contributed by atoms with Crippen LogP contribution in [-0.4, -0.2) is 17.8 Å². The Morgan fingerprint density at radius 2 is 2.06 bits per heavy atom. The Balaban J connectivity index is 1.90. The number of benzene rings is 1. The molecule has 3 nitrogen and oxygen atoms in total. The lowest BCUT2D eigenvalue weighted by molar-refractivity contribution is 0.145. The second-order valence-electron chi connectivity index (χ2n) is 4.64. The van der Waals surface area contributed by atoms with Gasteiger partial charge in [-0.1, -0.05) is 30.3 Å². The minimum atomic E-state index is -0.264. The second-order valence-corrected chi connectivity index (χ2v) is 4.64. The maximum absolute atomic E-state index is 9.81. The standard InChI is InChI=1S/C14H18N2O/c15-9-8-13(11-4-2-1-3-5-11)16-10-14(17)12-6-7-12/h1-5,12-14,16-17H,6-8,10H2. The molecule has 2 atom stereocenters. The van der Waals surface area contributed by atoms with Crippen LogP contribution in [-0.2, 0) is 0 Å². The van der Waals surface area contributed by atoms with Crippen LogP contribution in [0.3, 0.4) is 0 Å². The molecule has 1 aromatic rings. The van der Waals surface area contributed by atoms with Crippen LogP contribution < -0.4 is 5.32 Å². The summed E-state index contributed by atoms with van der Waals surface area (Å²) >= 11 is 0. The van der Waals surface area contributed by atoms with Crippen molar-refractivity contribution in [2.24, 2.45) is 5.92 Å². The summed E-state index contributed by atoms with van der Waals surface area (Å²) in [5, 5.41) is 21.9. The average Bonchev–Trinajstić information content (AvgIpc) is 3.19. The highest BCUT2D eigenvalue weighted by Crippen LogP contribution is 2.32. The third-order valence-corrected chi connectivity index (χ3v) is 3.24. The molecule has 2 N–H and O–H groups in total. The molecule has 2 unspecified atom stereocenters. The van der Waals surface area contributed by atoms with Gasteiger partial charge >= 0.3 is 0 Å². The van der Waals surface area contributed by atoms with Crippen LogP contribution in [0.1, 0.15) is 30.9 Å². The Bertz CT molecular complexity index is 381. The quantitative estimate of drug-likeness (QED) is 0.786. The summed E-state index contributed by atoms with van der Waals surface area (Å²) in [5.74, 6) is 0.473. The van der Waals surface area contributed by atoms with Gasteiger partial charge in [-0.05, 0) is 24.3 Å². The number of nitrogens with zero attached hydrogens (tertiary/aromatic N) is 1. The fraction of sp³-hybridized carbons (Fsp3) is 0.500. The van der Waals surface area contributed by atoms with Crippen molar-refractivity contribution in [3.63, 3.8) is 0 Å². The first-order valence-electron chi connectivity index (χ1n) is 6.14. The Morgan fingerprint density at radius 3 is 2.65 bits per heavy atom. The van der Waals surface area contributed by atoms with Crippen molar-refractivity contribution in [2.45, 2.75) is 31.4 Å². The van der Waals surface area contributed by atoms with E-state index < -0.39 is 0 Å². The molecule has 0 saturated heterocycles. The predicted octanol–water partition coefficient (Wildman–Crippen LogP) is 2.00. The molecule has 3 heteroatoms. The van der Waals surface area contributed by atoms with Gasteiger partial charge < -0.3 is 10.4 Å². The molecule has 0 aromatic heterocycles. The third kappa shape index (κ3) is 3.55. The summed E-state index contributed by atoms with van der Waals surface area (Å²) in [6.45, 7) is 0.575. The van der Waals surface area contributed by atoms with Crippen molar-refractivity contribution >= 4 is 0 Å². The Labute approximate surface area is 102 Å². The molecule has 0 bridgehead atoms. The molecule has 0 amide bonds. The number of nitrogens with one attached hydrogen (secondary N) is 1. The summed E-state index contributed by atoms with van der Waals surface area (Å²) in [5.41, 5.74) is 1.11. The van der Waals surface area contributed by atoms with Gasteiger partial charge in [-0.3, -0.25) is 0 Å². The van der Waals surface area contributed by atoms with E-state index in [9.17, 15) is 5.11 Å². The normalized spacial score (nSPS) is 18.4. The maximum Gasteiger partial charge on any atom is 0.0692 e. The van der Waals surface area contributed by atoms with Gasteiger partial charge in [0.15, 0.2) is 0 Å². The molecule has 1 aliphatic rings. The largest absolute Gasteiger partial charge is 0.392 e. The highest BCUT2D eigenvalue weighted by atomic mass is 16.3. The SMILES string of the molecule is N#CCC(NCC(O)C1CC1)c1ccccc1. The van der Waals surface area contributed by atoms with Crippen molar-refractivity contribution < 1.29 is 5.11 Å². The highest BCUT2D eigenvalue weighted by molar-refractivity contribution is 5.19. The minimum Gasteiger partial charge on any atom is -0.392 e. The van der Waals surface area contributed by atoms with Gasteiger partial charge in [0.05, 0.1) is 18.6 Å². The molecular formula is C14H18N2O. The average molecular weight is 230 g/mol. The van der Waals surface area contributed by atoms with Gasteiger partial charge in [0.25, 0.3) is 0 Å². The Kier molecular flexibility index (Phi) is 4.13. The van der Waals surface area contributed by atoms with E-state index in [2.05, 4.69) is 11.4 Å². The van der Waals surface area contributed by atoms with E-state index >= 15 is 0 Å². The summed E-state index contributed by atoms with van der Waals surface area (Å²) in [6.07, 6.45) is 2.44. The molecule has 90 valence electrons. The first-order valence-corrected chi connectivity index (χ1v) is 6.14. The van der Waals surface area contributed by atoms with Gasteiger partial charge in [0, 0.05) is 12.6 Å². The molecule has 2 rings (SSSR count). The predicted molar refractivity (Wildman–Crippen MR) is 66.1 cm³/mol. The number of nitriles is 1. The molecule has 1 fully saturated rings. The molecule has 17 heavy (non-hydrogen) atoms. The van der Waals surface area contributed by atoms with Crippen LogP contribution in [0.4, 0.5) is 0 Å². The zero-order chi connectivity index (χ0) is 12.1. The van der Waals surface area contributed by atoms with Crippen LogP contribution in [0.5, 0.6) is 0 Å². The third-order valence-electron chi connectivity index (χ3n) is 3.24. The van der Waals surface area contributed by atoms with Crippen LogP contribution in [0.25, 0.3) is 0 Å². The Hall–Kier alpha value is -1.37. The lowest BCUT2D eigenvalue weighted by Gasteiger charge is -2.18. The van der Waals surface area contributed by atoms with Gasteiger partial charge in [0.1, 0.15) is 0 Å². The first kappa shape index (κ1) is 12.1. The van der Waals surface area contributed by atoms with E-state index in [4.69, 9.17) is 5.26 Å². The number of hydrogen-bond acceptors (Lipinski definition) is 3. The summed E-state index contributed by atoms with van der Waals surface area (Å²) < 4.78 is 0. The highest BCUT2D eigenvalue weighted by Gasteiger charge is 2.29. The van der Waals surface area contributed by atoms with Crippen molar-refractivity contribution in [1.82, 2.24) is 5.32 Å². The molecule has 1 aromatic carbocycles. The van der Waals surface area contributed by atoms with E-state index in [-0.39, 0.29) is 12.1 Å². The van der Waals surface area contributed by atoms with Crippen LogP contribution >= 0.6 is 0 Å². The zero-order valence-electron chi connectivity index (χ0n) is 9.84. The summed E-state index contributed by atoms with van der Waals surface area (Å²) in [4.78, 5) is 0. The topological polar surface area (TPSA) is 56.0 Å². The van der Waals surface area contributed by atoms with Crippen molar-refractivity contribution in [3.05, 3.63) is 35.9 Å². The molecule has 0 spiro atoms. The number of hydrogen-bond donors (Lipinski definition) is 2. The van der Waals surface area contributed by atoms with E-state index in [1.807, 2.05) is 30.3 Å². The first-order chi connectivity index (χ1) is 8.31. The molecule has 1 aliphatic carbocycles. The van der Waals surface area contributed by atoms with Gasteiger partial charge in [-0.25, -0.2) is 0 Å². The monoisotopic (exact) mass is 230 g/mol. The van der Waals surface area contributed by atoms with Gasteiger partial charge in [0.2, 0.25) is 0 Å². The number of rotatable bonds is 6. The number of aliphatic hydroxyl groups is 1. The van der Waals surface area contributed by atoms with Gasteiger partial charge in [-0.15, -0.1) is 0 Å². The second kappa shape index (κ2) is 5.81. The minimum absolute atomic E-state index is 0.0228. The molecular weight excluding hydrogens is 212 g/mol. The van der Waals surface area contributed by atoms with Gasteiger partial charge in [-0.2, -0.15) is 5.26 Å². The van der Waals surface area contributed by atoms with Crippen LogP contribution in [0.2, 0.25) is 0 Å². The lowest BCUT2D eigenvalue weighted by Crippen LogP contribution is -2.31. The molecule has 0 heterocycles. The maximum atomic E-state index is 9.81. The van der Waals surface area contributed by atoms with E-state index in [0.717, 1.165) is 18.4 Å². The number of aliphatic hydroxyl groups excluding tert-OH is 1. The van der Waals surface area contributed by atoms with Crippen molar-refractivity contribution in [3.8, 4) is 6.07 Å². The molecule has 0 aliphatic heterocycles. The molecule has 0 radical (unpaired) electrons. The van der Waals surface area contributed by atoms with Crippen molar-refractivity contribution in [2.75, 3.05) is 6.54 Å². The van der Waals surface area contributed by atoms with E-state index in [1.165, 1.54) is 0 Å². The summed E-state index contributed by atoms with van der Waals surface area (Å²) in [6, 6.07) is 12.1. The van der Waals surface area contributed by atoms with Crippen LogP contribution in [0, 0.1) is 17.2 Å². The Morgan fingerprint density at radius 1 is 1.35 bits per heavy atom. The van der Waals surface area contributed by atoms with E-state index in [0.29, 0.717) is 18.9 Å². The molecule has 1 saturated carbocycles. The zero-order valence-corrected chi connectivity index (χ0v) is 9.84. The lowest BCUT2D eigenvalue weighted by atomic mass is 10.0. The summed E-state index contributed by atoms with van der Waals surface area (Å²) in [7, 11) is 0. The fourth-order valence-electron chi connectivity index (χ4n) is 2.00. The van der Waals surface area contributed by atoms with Crippen LogP contribution in [0.15, 0.2) is 30.3 Å². The van der Waals surface area contributed by atoms with E-state index in [1.54, 1.807) is 0 Å². The van der Waals surface area contributed by atoms with Crippen molar-refractivity contribution in [1.29, 1.82) is 5.26 Å². The smallest absolute Gasteiger partial charge is 0.0692 e.